The minimum absolute atomic E-state index is 0.0750. The van der Waals surface area contributed by atoms with E-state index in [1.54, 1.807) is 6.20 Å². The summed E-state index contributed by atoms with van der Waals surface area (Å²) in [6.45, 7) is 3.20. The first-order chi connectivity index (χ1) is 16.1. The van der Waals surface area contributed by atoms with E-state index in [1.807, 2.05) is 6.20 Å². The Kier molecular flexibility index (Phi) is 17.9. The molecule has 190 valence electrons. The molecule has 0 aliphatic carbocycles. The van der Waals surface area contributed by atoms with Gasteiger partial charge in [-0.15, -0.1) is 0 Å². The Morgan fingerprint density at radius 2 is 1.39 bits per heavy atom. The molecule has 0 aromatic rings. The molecule has 0 radical (unpaired) electrons. The van der Waals surface area contributed by atoms with Crippen molar-refractivity contribution in [1.29, 1.82) is 0 Å². The molecule has 0 aromatic heterocycles. The predicted molar refractivity (Wildman–Crippen MR) is 139 cm³/mol. The van der Waals surface area contributed by atoms with Crippen LogP contribution in [0.3, 0.4) is 0 Å². The van der Waals surface area contributed by atoms with Crippen LogP contribution in [-0.4, -0.2) is 35.9 Å². The van der Waals surface area contributed by atoms with Crippen LogP contribution in [0.25, 0.3) is 0 Å². The number of nitrogens with zero attached hydrogens (tertiary/aromatic N) is 2. The third-order valence-corrected chi connectivity index (χ3v) is 6.69. The van der Waals surface area contributed by atoms with E-state index >= 15 is 0 Å². The van der Waals surface area contributed by atoms with Crippen molar-refractivity contribution in [2.24, 2.45) is 10.7 Å². The van der Waals surface area contributed by atoms with Crippen LogP contribution in [0.15, 0.2) is 29.5 Å². The molecule has 0 bridgehead atoms. The van der Waals surface area contributed by atoms with E-state index in [0.29, 0.717) is 13.1 Å². The van der Waals surface area contributed by atoms with Crippen molar-refractivity contribution in [3.05, 3.63) is 24.6 Å². The average Bonchev–Trinajstić information content (AvgIpc) is 3.16. The van der Waals surface area contributed by atoms with Gasteiger partial charge in [-0.1, -0.05) is 96.1 Å². The van der Waals surface area contributed by atoms with Gasteiger partial charge in [0.1, 0.15) is 19.3 Å². The van der Waals surface area contributed by atoms with Crippen LogP contribution >= 0.6 is 0 Å². The third kappa shape index (κ3) is 14.4. The van der Waals surface area contributed by atoms with Crippen molar-refractivity contribution < 1.29 is 14.4 Å². The number of quaternary nitrogens is 1. The van der Waals surface area contributed by atoms with Crippen LogP contribution < -0.4 is 10.8 Å². The van der Waals surface area contributed by atoms with E-state index < -0.39 is 5.97 Å². The van der Waals surface area contributed by atoms with Gasteiger partial charge in [0, 0.05) is 13.0 Å². The Bertz CT molecular complexity index is 586. The first kappa shape index (κ1) is 29.6. The molecular formula is C28H51N3O2. The van der Waals surface area contributed by atoms with Crippen molar-refractivity contribution in [3.63, 3.8) is 0 Å². The van der Waals surface area contributed by atoms with Crippen molar-refractivity contribution in [2.45, 2.75) is 122 Å². The lowest BCUT2D eigenvalue weighted by Crippen LogP contribution is -2.55. The fraction of sp³-hybridized carbons (Fsp3) is 0.786. The zero-order valence-electron chi connectivity index (χ0n) is 21.4. The summed E-state index contributed by atoms with van der Waals surface area (Å²) in [5, 5.41) is 11.2. The molecule has 1 aliphatic heterocycles. The van der Waals surface area contributed by atoms with Crippen molar-refractivity contribution in [2.75, 3.05) is 19.6 Å². The summed E-state index contributed by atoms with van der Waals surface area (Å²) in [7, 11) is 0. The smallest absolute Gasteiger partial charge is 0.207 e. The minimum Gasteiger partial charge on any atom is -0.544 e. The lowest BCUT2D eigenvalue weighted by Gasteiger charge is -2.32. The second-order valence-corrected chi connectivity index (χ2v) is 9.67. The molecule has 0 aromatic carbocycles. The van der Waals surface area contributed by atoms with E-state index in [1.165, 1.54) is 89.9 Å². The first-order valence-corrected chi connectivity index (χ1v) is 13.8. The zero-order chi connectivity index (χ0) is 24.0. The number of hydrogen-bond donors (Lipinski definition) is 1. The first-order valence-electron chi connectivity index (χ1n) is 13.8. The number of allylic oxidation sites excluding steroid dienone is 2. The largest absolute Gasteiger partial charge is 0.544 e. The number of carbonyl (C=O) groups is 1. The zero-order valence-corrected chi connectivity index (χ0v) is 21.4. The molecule has 1 heterocycles. The summed E-state index contributed by atoms with van der Waals surface area (Å²) < 4.78 is 0.234. The fourth-order valence-electron chi connectivity index (χ4n) is 4.68. The standard InChI is InChI=1S/C28H51N3O2/c1-2-3-4-5-6-7-8-9-10-11-12-13-14-15-16-17-18-19-20-21-27-30-23-25-31(27,24-22-29)26-28(32)33/h15-16,23,25H,2-14,17-22,24,26,29H2,1H3/b16-15+. The molecule has 0 fully saturated rings. The van der Waals surface area contributed by atoms with Gasteiger partial charge in [-0.3, -0.25) is 0 Å². The molecule has 0 spiro atoms. The topological polar surface area (TPSA) is 78.5 Å². The highest BCUT2D eigenvalue weighted by Gasteiger charge is 2.34. The number of unbranched alkanes of at least 4 members (excludes halogenated alkanes) is 15. The van der Waals surface area contributed by atoms with Gasteiger partial charge in [-0.05, 0) is 32.1 Å². The van der Waals surface area contributed by atoms with Crippen molar-refractivity contribution in [3.8, 4) is 0 Å². The molecule has 0 amide bonds. The van der Waals surface area contributed by atoms with Gasteiger partial charge in [0.25, 0.3) is 0 Å². The highest BCUT2D eigenvalue weighted by Crippen LogP contribution is 2.20. The van der Waals surface area contributed by atoms with Crippen molar-refractivity contribution in [1.82, 2.24) is 0 Å². The molecule has 0 saturated carbocycles. The van der Waals surface area contributed by atoms with Gasteiger partial charge < -0.3 is 15.6 Å². The number of aliphatic imine (C=N–C) groups is 1. The minimum atomic E-state index is -1.05. The number of rotatable bonds is 23. The normalized spacial score (nSPS) is 17.8. The van der Waals surface area contributed by atoms with E-state index in [9.17, 15) is 9.90 Å². The lowest BCUT2D eigenvalue weighted by molar-refractivity contribution is -0.780. The van der Waals surface area contributed by atoms with E-state index in [-0.39, 0.29) is 11.0 Å². The van der Waals surface area contributed by atoms with Gasteiger partial charge in [-0.2, -0.15) is 0 Å². The number of carboxylic acids is 1. The van der Waals surface area contributed by atoms with Gasteiger partial charge in [0.2, 0.25) is 5.84 Å². The van der Waals surface area contributed by atoms with Gasteiger partial charge in [0.05, 0.1) is 12.2 Å². The molecule has 5 heteroatoms. The van der Waals surface area contributed by atoms with E-state index in [4.69, 9.17) is 5.73 Å². The van der Waals surface area contributed by atoms with Crippen LogP contribution in [0.5, 0.6) is 0 Å². The lowest BCUT2D eigenvalue weighted by atomic mass is 10.0. The highest BCUT2D eigenvalue weighted by atomic mass is 16.4. The predicted octanol–water partition coefficient (Wildman–Crippen LogP) is 5.99. The van der Waals surface area contributed by atoms with Gasteiger partial charge >= 0.3 is 0 Å². The summed E-state index contributed by atoms with van der Waals surface area (Å²) in [6, 6.07) is 0. The molecule has 0 saturated heterocycles. The van der Waals surface area contributed by atoms with Crippen molar-refractivity contribution >= 4 is 11.8 Å². The summed E-state index contributed by atoms with van der Waals surface area (Å²) in [4.78, 5) is 15.6. The number of carbonyl (C=O) groups excluding carboxylic acids is 1. The number of aliphatic carboxylic acids is 1. The quantitative estimate of drug-likeness (QED) is 0.115. The molecule has 33 heavy (non-hydrogen) atoms. The second-order valence-electron chi connectivity index (χ2n) is 9.67. The molecule has 2 N–H and O–H groups in total. The Morgan fingerprint density at radius 3 is 1.91 bits per heavy atom. The maximum Gasteiger partial charge on any atom is 0.207 e. The van der Waals surface area contributed by atoms with E-state index in [0.717, 1.165) is 31.5 Å². The maximum absolute atomic E-state index is 11.2. The molecule has 1 atom stereocenters. The van der Waals surface area contributed by atoms with Crippen LogP contribution in [0.4, 0.5) is 0 Å². The van der Waals surface area contributed by atoms with Crippen LogP contribution in [0.2, 0.25) is 0 Å². The fourth-order valence-corrected chi connectivity index (χ4v) is 4.68. The SMILES string of the molecule is CCCCCCCCCCCCCC/C=C/CCCCCC1=NC=C[N+]1(CCN)CC(=O)[O-]. The number of amidine groups is 1. The van der Waals surface area contributed by atoms with Gasteiger partial charge in [-0.25, -0.2) is 9.48 Å². The Morgan fingerprint density at radius 1 is 0.879 bits per heavy atom. The summed E-state index contributed by atoms with van der Waals surface area (Å²) in [5.74, 6) is -0.145. The molecule has 1 rings (SSSR count). The van der Waals surface area contributed by atoms with Crippen LogP contribution in [-0.2, 0) is 4.79 Å². The summed E-state index contributed by atoms with van der Waals surface area (Å²) >= 11 is 0. The van der Waals surface area contributed by atoms with Crippen LogP contribution in [0.1, 0.15) is 122 Å². The number of carboxylic acid groups (broad SMARTS) is 1. The van der Waals surface area contributed by atoms with E-state index in [2.05, 4.69) is 24.1 Å². The monoisotopic (exact) mass is 461 g/mol. The second kappa shape index (κ2) is 20.0. The molecule has 1 aliphatic rings. The average molecular weight is 462 g/mol. The number of nitrogens with two attached hydrogens (primary N) is 1. The number of hydrogen-bond acceptors (Lipinski definition) is 4. The summed E-state index contributed by atoms with van der Waals surface area (Å²) in [5.41, 5.74) is 5.71. The summed E-state index contributed by atoms with van der Waals surface area (Å²) in [6.07, 6.45) is 31.6. The highest BCUT2D eigenvalue weighted by molar-refractivity contribution is 5.80. The maximum atomic E-state index is 11.2. The Balaban J connectivity index is 1.94. The molecule has 1 unspecified atom stereocenters. The third-order valence-electron chi connectivity index (χ3n) is 6.69. The molecular weight excluding hydrogens is 410 g/mol. The molecule has 5 nitrogen and oxygen atoms in total. The van der Waals surface area contributed by atoms with Crippen LogP contribution in [0, 0.1) is 0 Å². The Labute approximate surface area is 203 Å². The Hall–Kier alpha value is -1.46. The van der Waals surface area contributed by atoms with Gasteiger partial charge in [0.15, 0.2) is 0 Å².